The first kappa shape index (κ1) is 43.6. The van der Waals surface area contributed by atoms with Crippen molar-refractivity contribution < 1.29 is 57.4 Å². The number of fused-ring (bicyclic) bond motifs is 2. The molecule has 18 nitrogen and oxygen atoms in total. The number of hydrogen-bond acceptors (Lipinski definition) is 12. The van der Waals surface area contributed by atoms with Crippen LogP contribution in [0.5, 0.6) is 0 Å². The predicted molar refractivity (Wildman–Crippen MR) is 218 cm³/mol. The number of hydrogen-bond donors (Lipinski definition) is 2. The molecule has 1 aliphatic carbocycles. The molecule has 0 bridgehead atoms. The van der Waals surface area contributed by atoms with Crippen LogP contribution >= 0.6 is 0 Å². The van der Waals surface area contributed by atoms with Crippen molar-refractivity contribution in [2.45, 2.75) is 129 Å². The smallest absolute Gasteiger partial charge is 0.424 e. The standard InChI is InChI=1S/C44H50N6O12/c1-43(2,3)61-41(59)49-33(51)19-17-31(39(49)57)47-21-27-25(37(47)55)9-7-11-29(27)45-35(53)23-13-15-24(16-14-23)36(54)46-30-12-8-10-26-28(30)22-48(38(26)56)32-18-20-34(52)50(40(32)58)42(60)62-44(4,5)6/h7-12,23-24,31-32H,13-22H2,1-6H3,(H,45,53)(H,46,54). The van der Waals surface area contributed by atoms with Crippen LogP contribution in [0.4, 0.5) is 21.0 Å². The van der Waals surface area contributed by atoms with E-state index in [0.717, 1.165) is 0 Å². The van der Waals surface area contributed by atoms with Gasteiger partial charge in [0.05, 0.1) is 0 Å². The van der Waals surface area contributed by atoms with Crippen molar-refractivity contribution in [1.29, 1.82) is 0 Å². The molecule has 328 valence electrons. The minimum Gasteiger partial charge on any atom is -0.443 e. The SMILES string of the molecule is CC(C)(C)OC(=O)N1C(=O)CCC(N2Cc3c(NC(=O)C4CCC(C(=O)Nc5cccc6c5CN(C5CCC(=O)N(C(=O)OC(C)(C)C)C5=O)C6=O)CC4)cccc3C2=O)C1=O. The lowest BCUT2D eigenvalue weighted by molar-refractivity contribution is -0.152. The topological polar surface area (TPSA) is 226 Å². The number of carbonyl (C=O) groups is 10. The molecular formula is C44H50N6O12. The van der Waals surface area contributed by atoms with Gasteiger partial charge in [-0.05, 0) is 104 Å². The molecule has 4 aliphatic heterocycles. The number of nitrogens with zero attached hydrogens (tertiary/aromatic N) is 4. The Morgan fingerprint density at radius 2 is 0.903 bits per heavy atom. The van der Waals surface area contributed by atoms with Crippen LogP contribution in [0.2, 0.25) is 0 Å². The highest BCUT2D eigenvalue weighted by Gasteiger charge is 2.48. The Labute approximate surface area is 357 Å². The summed E-state index contributed by atoms with van der Waals surface area (Å²) in [6.07, 6.45) is -0.854. The number of carbonyl (C=O) groups excluding carboxylic acids is 10. The molecule has 0 aromatic heterocycles. The van der Waals surface area contributed by atoms with Gasteiger partial charge in [0, 0.05) is 71.4 Å². The highest BCUT2D eigenvalue weighted by molar-refractivity contribution is 6.15. The largest absolute Gasteiger partial charge is 0.443 e. The number of nitrogens with one attached hydrogen (secondary N) is 2. The van der Waals surface area contributed by atoms with Gasteiger partial charge in [-0.15, -0.1) is 0 Å². The molecule has 2 unspecified atom stereocenters. The summed E-state index contributed by atoms with van der Waals surface area (Å²) < 4.78 is 10.6. The zero-order chi connectivity index (χ0) is 45.0. The number of benzene rings is 2. The van der Waals surface area contributed by atoms with Crippen molar-refractivity contribution in [3.63, 3.8) is 0 Å². The second-order valence-electron chi connectivity index (χ2n) is 18.3. The van der Waals surface area contributed by atoms with Crippen LogP contribution in [0.3, 0.4) is 0 Å². The lowest BCUT2D eigenvalue weighted by Crippen LogP contribution is -2.57. The van der Waals surface area contributed by atoms with Crippen molar-refractivity contribution >= 4 is 70.8 Å². The van der Waals surface area contributed by atoms with Crippen LogP contribution in [0.25, 0.3) is 0 Å². The van der Waals surface area contributed by atoms with Crippen LogP contribution in [-0.2, 0) is 51.3 Å². The van der Waals surface area contributed by atoms with Gasteiger partial charge in [0.15, 0.2) is 0 Å². The zero-order valence-electron chi connectivity index (χ0n) is 35.5. The number of rotatable bonds is 6. The van der Waals surface area contributed by atoms with E-state index in [2.05, 4.69) is 10.6 Å². The maximum absolute atomic E-state index is 13.6. The number of imide groups is 6. The molecule has 62 heavy (non-hydrogen) atoms. The van der Waals surface area contributed by atoms with Crippen molar-refractivity contribution in [3.8, 4) is 0 Å². The van der Waals surface area contributed by atoms with E-state index in [1.807, 2.05) is 0 Å². The van der Waals surface area contributed by atoms with Crippen LogP contribution < -0.4 is 10.6 Å². The van der Waals surface area contributed by atoms with Crippen LogP contribution in [0, 0.1) is 11.8 Å². The number of likely N-dealkylation sites (tertiary alicyclic amines) is 2. The van der Waals surface area contributed by atoms with Crippen molar-refractivity contribution in [1.82, 2.24) is 19.6 Å². The first-order valence-corrected chi connectivity index (χ1v) is 20.8. The molecule has 4 heterocycles. The molecule has 2 N–H and O–H groups in total. The number of ether oxygens (including phenoxy) is 2. The fourth-order valence-corrected chi connectivity index (χ4v) is 8.65. The van der Waals surface area contributed by atoms with E-state index in [-0.39, 0.29) is 61.7 Å². The Hall–Kier alpha value is -6.46. The second-order valence-corrected chi connectivity index (χ2v) is 18.3. The fraction of sp³-hybridized carbons (Fsp3) is 0.500. The van der Waals surface area contributed by atoms with Gasteiger partial charge in [0.1, 0.15) is 23.3 Å². The molecular weight excluding hydrogens is 805 g/mol. The monoisotopic (exact) mass is 854 g/mol. The molecule has 2 aromatic carbocycles. The molecule has 7 rings (SSSR count). The van der Waals surface area contributed by atoms with Gasteiger partial charge in [-0.3, -0.25) is 38.4 Å². The summed E-state index contributed by atoms with van der Waals surface area (Å²) in [4.78, 5) is 136. The highest BCUT2D eigenvalue weighted by Crippen LogP contribution is 2.38. The predicted octanol–water partition coefficient (Wildman–Crippen LogP) is 4.89. The Bertz CT molecular complexity index is 2140. The third kappa shape index (κ3) is 8.54. The lowest BCUT2D eigenvalue weighted by Gasteiger charge is -2.35. The van der Waals surface area contributed by atoms with Gasteiger partial charge in [0.2, 0.25) is 23.6 Å². The van der Waals surface area contributed by atoms with Gasteiger partial charge >= 0.3 is 12.2 Å². The van der Waals surface area contributed by atoms with E-state index in [1.165, 1.54) is 9.80 Å². The summed E-state index contributed by atoms with van der Waals surface area (Å²) in [7, 11) is 0. The lowest BCUT2D eigenvalue weighted by atomic mass is 9.81. The van der Waals surface area contributed by atoms with Crippen molar-refractivity contribution in [2.75, 3.05) is 10.6 Å². The maximum atomic E-state index is 13.6. The molecule has 5 aliphatic rings. The average Bonchev–Trinajstić information content (AvgIpc) is 3.70. The summed E-state index contributed by atoms with van der Waals surface area (Å²) in [6.45, 7) is 9.59. The summed E-state index contributed by atoms with van der Waals surface area (Å²) in [5.74, 6) is -5.51. The Kier molecular flexibility index (Phi) is 11.6. The molecule has 0 radical (unpaired) electrons. The first-order valence-electron chi connectivity index (χ1n) is 20.8. The normalized spacial score (nSPS) is 23.0. The summed E-state index contributed by atoms with van der Waals surface area (Å²) in [5, 5.41) is 5.90. The Morgan fingerprint density at radius 1 is 0.548 bits per heavy atom. The number of piperidine rings is 2. The van der Waals surface area contributed by atoms with Gasteiger partial charge in [0.25, 0.3) is 23.6 Å². The molecule has 0 spiro atoms. The van der Waals surface area contributed by atoms with E-state index < -0.39 is 82.8 Å². The highest BCUT2D eigenvalue weighted by atomic mass is 16.6. The number of amides is 10. The first-order chi connectivity index (χ1) is 29.1. The molecule has 18 heteroatoms. The quantitative estimate of drug-likeness (QED) is 0.371. The zero-order valence-corrected chi connectivity index (χ0v) is 35.5. The van der Waals surface area contributed by atoms with Crippen LogP contribution in [-0.4, -0.2) is 102 Å². The Balaban J connectivity index is 0.951. The number of anilines is 2. The van der Waals surface area contributed by atoms with E-state index in [9.17, 15) is 47.9 Å². The molecule has 10 amide bonds. The van der Waals surface area contributed by atoms with Crippen molar-refractivity contribution in [3.05, 3.63) is 58.7 Å². The summed E-state index contributed by atoms with van der Waals surface area (Å²) in [6, 6.07) is 7.57. The van der Waals surface area contributed by atoms with E-state index in [0.29, 0.717) is 58.0 Å². The average molecular weight is 855 g/mol. The fourth-order valence-electron chi connectivity index (χ4n) is 8.65. The third-order valence-corrected chi connectivity index (χ3v) is 11.7. The van der Waals surface area contributed by atoms with E-state index in [1.54, 1.807) is 77.9 Å². The van der Waals surface area contributed by atoms with E-state index in [4.69, 9.17) is 9.47 Å². The summed E-state index contributed by atoms with van der Waals surface area (Å²) in [5.41, 5.74) is 0.455. The summed E-state index contributed by atoms with van der Waals surface area (Å²) >= 11 is 0. The van der Waals surface area contributed by atoms with Gasteiger partial charge in [-0.1, -0.05) is 12.1 Å². The van der Waals surface area contributed by atoms with Crippen molar-refractivity contribution in [2.24, 2.45) is 11.8 Å². The second kappa shape index (κ2) is 16.4. The van der Waals surface area contributed by atoms with Gasteiger partial charge < -0.3 is 29.9 Å². The molecule has 2 saturated heterocycles. The minimum absolute atomic E-state index is 0.0272. The van der Waals surface area contributed by atoms with Gasteiger partial charge in [-0.2, -0.15) is 9.80 Å². The van der Waals surface area contributed by atoms with E-state index >= 15 is 0 Å². The van der Waals surface area contributed by atoms with Crippen LogP contribution in [0.15, 0.2) is 36.4 Å². The molecule has 2 atom stereocenters. The molecule has 3 fully saturated rings. The Morgan fingerprint density at radius 3 is 1.24 bits per heavy atom. The minimum atomic E-state index is -1.10. The molecule has 1 saturated carbocycles. The van der Waals surface area contributed by atoms with Gasteiger partial charge in [-0.25, -0.2) is 9.59 Å². The van der Waals surface area contributed by atoms with Crippen LogP contribution in [0.1, 0.15) is 125 Å². The maximum Gasteiger partial charge on any atom is 0.424 e. The third-order valence-electron chi connectivity index (χ3n) is 11.7. The molecule has 2 aromatic rings.